The standard InChI is InChI=1S/C13H18N4O2S/c1-4-17-12(10-6-5-7-19-10)15-16-13(17)20-8-11(18)14-9(2)3/h5-7,9H,4,8H2,1-3H3,(H,14,18). The topological polar surface area (TPSA) is 73.0 Å². The number of nitrogens with one attached hydrogen (secondary N) is 1. The molecule has 20 heavy (non-hydrogen) atoms. The van der Waals surface area contributed by atoms with Gasteiger partial charge in [0.05, 0.1) is 12.0 Å². The van der Waals surface area contributed by atoms with E-state index in [1.54, 1.807) is 6.26 Å². The van der Waals surface area contributed by atoms with Crippen molar-refractivity contribution in [3.63, 3.8) is 0 Å². The number of thioether (sulfide) groups is 1. The van der Waals surface area contributed by atoms with E-state index in [0.717, 1.165) is 11.7 Å². The molecule has 0 saturated carbocycles. The Morgan fingerprint density at radius 3 is 2.90 bits per heavy atom. The molecule has 6 nitrogen and oxygen atoms in total. The van der Waals surface area contributed by atoms with E-state index in [1.165, 1.54) is 11.8 Å². The second-order valence-corrected chi connectivity index (χ2v) is 5.48. The van der Waals surface area contributed by atoms with E-state index >= 15 is 0 Å². The Balaban J connectivity index is 2.08. The third-order valence-corrected chi connectivity index (χ3v) is 3.52. The maximum absolute atomic E-state index is 11.7. The molecule has 0 aliphatic rings. The van der Waals surface area contributed by atoms with Gasteiger partial charge in [0, 0.05) is 12.6 Å². The summed E-state index contributed by atoms with van der Waals surface area (Å²) in [6.07, 6.45) is 1.60. The number of carbonyl (C=O) groups is 1. The molecule has 2 aromatic rings. The molecule has 0 unspecified atom stereocenters. The van der Waals surface area contributed by atoms with Gasteiger partial charge in [0.15, 0.2) is 16.7 Å². The monoisotopic (exact) mass is 294 g/mol. The van der Waals surface area contributed by atoms with Gasteiger partial charge in [0.2, 0.25) is 5.91 Å². The van der Waals surface area contributed by atoms with Gasteiger partial charge < -0.3 is 9.73 Å². The molecule has 0 atom stereocenters. The summed E-state index contributed by atoms with van der Waals surface area (Å²) in [5.74, 6) is 1.69. The van der Waals surface area contributed by atoms with E-state index in [1.807, 2.05) is 37.5 Å². The van der Waals surface area contributed by atoms with Crippen molar-refractivity contribution in [2.24, 2.45) is 0 Å². The van der Waals surface area contributed by atoms with Crippen molar-refractivity contribution in [2.75, 3.05) is 5.75 Å². The highest BCUT2D eigenvalue weighted by Gasteiger charge is 2.16. The van der Waals surface area contributed by atoms with Crippen LogP contribution < -0.4 is 5.32 Å². The predicted molar refractivity (Wildman–Crippen MR) is 77.4 cm³/mol. The van der Waals surface area contributed by atoms with Crippen LogP contribution in [-0.4, -0.2) is 32.5 Å². The SMILES string of the molecule is CCn1c(SCC(=O)NC(C)C)nnc1-c1ccco1. The first-order chi connectivity index (χ1) is 9.61. The van der Waals surface area contributed by atoms with Crippen LogP contribution in [0.4, 0.5) is 0 Å². The Morgan fingerprint density at radius 1 is 1.50 bits per heavy atom. The highest BCUT2D eigenvalue weighted by Crippen LogP contribution is 2.23. The summed E-state index contributed by atoms with van der Waals surface area (Å²) in [6.45, 7) is 6.60. The largest absolute Gasteiger partial charge is 0.461 e. The van der Waals surface area contributed by atoms with Gasteiger partial charge in [0.1, 0.15) is 0 Å². The second kappa shape index (κ2) is 6.60. The van der Waals surface area contributed by atoms with Crippen molar-refractivity contribution in [2.45, 2.75) is 38.5 Å². The number of hydrogen-bond acceptors (Lipinski definition) is 5. The van der Waals surface area contributed by atoms with Crippen LogP contribution in [0.2, 0.25) is 0 Å². The molecular weight excluding hydrogens is 276 g/mol. The Kier molecular flexibility index (Phi) is 4.84. The lowest BCUT2D eigenvalue weighted by atomic mass is 10.4. The van der Waals surface area contributed by atoms with Crippen LogP contribution in [-0.2, 0) is 11.3 Å². The van der Waals surface area contributed by atoms with Crippen LogP contribution in [0, 0.1) is 0 Å². The smallest absolute Gasteiger partial charge is 0.230 e. The fourth-order valence-electron chi connectivity index (χ4n) is 1.76. The van der Waals surface area contributed by atoms with Crippen molar-refractivity contribution >= 4 is 17.7 Å². The zero-order chi connectivity index (χ0) is 14.5. The minimum absolute atomic E-state index is 0.00444. The molecule has 1 N–H and O–H groups in total. The maximum Gasteiger partial charge on any atom is 0.230 e. The van der Waals surface area contributed by atoms with E-state index in [4.69, 9.17) is 4.42 Å². The molecule has 108 valence electrons. The highest BCUT2D eigenvalue weighted by molar-refractivity contribution is 7.99. The number of carbonyl (C=O) groups excluding carboxylic acids is 1. The molecule has 0 radical (unpaired) electrons. The molecule has 0 bridgehead atoms. The molecule has 7 heteroatoms. The molecule has 2 rings (SSSR count). The molecule has 2 aromatic heterocycles. The average molecular weight is 294 g/mol. The lowest BCUT2D eigenvalue weighted by molar-refractivity contribution is -0.119. The number of nitrogens with zero attached hydrogens (tertiary/aromatic N) is 3. The van der Waals surface area contributed by atoms with E-state index in [2.05, 4.69) is 15.5 Å². The minimum atomic E-state index is -0.00444. The van der Waals surface area contributed by atoms with Crippen LogP contribution in [0.25, 0.3) is 11.6 Å². The van der Waals surface area contributed by atoms with Crippen molar-refractivity contribution in [3.8, 4) is 11.6 Å². The molecule has 1 amide bonds. The summed E-state index contributed by atoms with van der Waals surface area (Å²) < 4.78 is 7.28. The number of furan rings is 1. The molecule has 0 saturated heterocycles. The summed E-state index contributed by atoms with van der Waals surface area (Å²) in [4.78, 5) is 11.7. The van der Waals surface area contributed by atoms with E-state index in [9.17, 15) is 4.79 Å². The van der Waals surface area contributed by atoms with Crippen molar-refractivity contribution in [1.82, 2.24) is 20.1 Å². The number of amides is 1. The van der Waals surface area contributed by atoms with Gasteiger partial charge in [-0.1, -0.05) is 11.8 Å². The van der Waals surface area contributed by atoms with E-state index in [-0.39, 0.29) is 11.9 Å². The second-order valence-electron chi connectivity index (χ2n) is 4.54. The molecular formula is C13H18N4O2S. The van der Waals surface area contributed by atoms with Gasteiger partial charge in [-0.05, 0) is 32.9 Å². The molecule has 2 heterocycles. The van der Waals surface area contributed by atoms with Crippen molar-refractivity contribution < 1.29 is 9.21 Å². The Labute approximate surface area is 121 Å². The minimum Gasteiger partial charge on any atom is -0.461 e. The quantitative estimate of drug-likeness (QED) is 0.827. The Hall–Kier alpha value is -1.76. The van der Waals surface area contributed by atoms with Crippen LogP contribution in [0.15, 0.2) is 28.0 Å². The lowest BCUT2D eigenvalue weighted by Crippen LogP contribution is -2.31. The van der Waals surface area contributed by atoms with Crippen LogP contribution in [0.1, 0.15) is 20.8 Å². The molecule has 0 spiro atoms. The average Bonchev–Trinajstić information content (AvgIpc) is 3.03. The summed E-state index contributed by atoms with van der Waals surface area (Å²) >= 11 is 1.38. The van der Waals surface area contributed by atoms with Crippen LogP contribution in [0.5, 0.6) is 0 Å². The lowest BCUT2D eigenvalue weighted by Gasteiger charge is -2.08. The van der Waals surface area contributed by atoms with E-state index < -0.39 is 0 Å². The highest BCUT2D eigenvalue weighted by atomic mass is 32.2. The number of rotatable bonds is 6. The van der Waals surface area contributed by atoms with Gasteiger partial charge in [-0.25, -0.2) is 0 Å². The first-order valence-corrected chi connectivity index (χ1v) is 7.49. The maximum atomic E-state index is 11.7. The zero-order valence-corrected chi connectivity index (χ0v) is 12.6. The molecule has 0 aliphatic heterocycles. The first kappa shape index (κ1) is 14.6. The molecule has 0 aliphatic carbocycles. The van der Waals surface area contributed by atoms with Crippen molar-refractivity contribution in [1.29, 1.82) is 0 Å². The normalized spacial score (nSPS) is 11.0. The third kappa shape index (κ3) is 3.41. The van der Waals surface area contributed by atoms with Gasteiger partial charge in [-0.3, -0.25) is 9.36 Å². The van der Waals surface area contributed by atoms with Gasteiger partial charge in [-0.2, -0.15) is 0 Å². The predicted octanol–water partition coefficient (Wildman–Crippen LogP) is 2.17. The Bertz CT molecular complexity index is 563. The van der Waals surface area contributed by atoms with Crippen LogP contribution >= 0.6 is 11.8 Å². The fourth-order valence-corrected chi connectivity index (χ4v) is 2.58. The summed E-state index contributed by atoms with van der Waals surface area (Å²) in [5, 5.41) is 11.8. The summed E-state index contributed by atoms with van der Waals surface area (Å²) in [7, 11) is 0. The molecule has 0 aromatic carbocycles. The summed E-state index contributed by atoms with van der Waals surface area (Å²) in [5.41, 5.74) is 0. The van der Waals surface area contributed by atoms with E-state index in [0.29, 0.717) is 17.3 Å². The summed E-state index contributed by atoms with van der Waals surface area (Å²) in [6, 6.07) is 3.80. The van der Waals surface area contributed by atoms with Gasteiger partial charge in [0.25, 0.3) is 0 Å². The first-order valence-electron chi connectivity index (χ1n) is 6.51. The zero-order valence-electron chi connectivity index (χ0n) is 11.8. The van der Waals surface area contributed by atoms with Gasteiger partial charge in [-0.15, -0.1) is 10.2 Å². The fraction of sp³-hybridized carbons (Fsp3) is 0.462. The van der Waals surface area contributed by atoms with Crippen molar-refractivity contribution in [3.05, 3.63) is 18.4 Å². The van der Waals surface area contributed by atoms with Gasteiger partial charge >= 0.3 is 0 Å². The number of hydrogen-bond donors (Lipinski definition) is 1. The number of aromatic nitrogens is 3. The third-order valence-electron chi connectivity index (χ3n) is 2.56. The van der Waals surface area contributed by atoms with Crippen LogP contribution in [0.3, 0.4) is 0 Å². The molecule has 0 fully saturated rings. The Morgan fingerprint density at radius 2 is 2.30 bits per heavy atom.